The fourth-order valence-electron chi connectivity index (χ4n) is 3.59. The van der Waals surface area contributed by atoms with Gasteiger partial charge in [-0.05, 0) is 79.9 Å². The van der Waals surface area contributed by atoms with Crippen molar-refractivity contribution in [3.05, 3.63) is 70.9 Å². The number of nitrogens with zero attached hydrogens (tertiary/aromatic N) is 1. The minimum atomic E-state index is -3.33. The van der Waals surface area contributed by atoms with Gasteiger partial charge < -0.3 is 8.98 Å². The zero-order valence-corrected chi connectivity index (χ0v) is 29.5. The zero-order chi connectivity index (χ0) is 30.8. The predicted octanol–water partition coefficient (Wildman–Crippen LogP) is 8.03. The van der Waals surface area contributed by atoms with Crippen LogP contribution in [0.2, 0.25) is 23.2 Å². The maximum Gasteiger partial charge on any atom is 0.192 e. The molecule has 0 amide bonds. The molecule has 0 radical (unpaired) electrons. The molecule has 1 aromatic heterocycles. The number of sulfone groups is 1. The first-order chi connectivity index (χ1) is 18.8. The van der Waals surface area contributed by atoms with Crippen molar-refractivity contribution in [3.63, 3.8) is 0 Å². The van der Waals surface area contributed by atoms with Crippen molar-refractivity contribution in [2.75, 3.05) is 6.26 Å². The van der Waals surface area contributed by atoms with Crippen LogP contribution in [0.15, 0.2) is 69.5 Å². The Kier molecular flexibility index (Phi) is 10.9. The summed E-state index contributed by atoms with van der Waals surface area (Å²) < 4.78 is 46.3. The van der Waals surface area contributed by atoms with Gasteiger partial charge >= 0.3 is 0 Å². The molecule has 224 valence electrons. The Labute approximate surface area is 259 Å². The van der Waals surface area contributed by atoms with Crippen LogP contribution in [-0.4, -0.2) is 37.3 Å². The van der Waals surface area contributed by atoms with Crippen molar-refractivity contribution in [1.82, 2.24) is 9.71 Å². The number of rotatable bonds is 10. The Balaban J connectivity index is 2.08. The van der Waals surface area contributed by atoms with Crippen molar-refractivity contribution < 1.29 is 17.4 Å². The molecule has 1 unspecified atom stereocenters. The minimum absolute atomic E-state index is 0.0777. The van der Waals surface area contributed by atoms with E-state index in [-0.39, 0.29) is 9.93 Å². The fraction of sp³-hybridized carbons (Fsp3) is 0.433. The lowest BCUT2D eigenvalue weighted by Crippen LogP contribution is -2.40. The highest BCUT2D eigenvalue weighted by Gasteiger charge is 2.37. The predicted molar refractivity (Wildman–Crippen MR) is 175 cm³/mol. The number of nitrogens with one attached hydrogen (secondary N) is 1. The number of hydrogen-bond acceptors (Lipinski definition) is 7. The molecule has 2 aromatic carbocycles. The minimum Gasteiger partial charge on any atom is -0.598 e. The van der Waals surface area contributed by atoms with Gasteiger partial charge in [0.15, 0.2) is 18.2 Å². The Morgan fingerprint density at radius 1 is 1.05 bits per heavy atom. The van der Waals surface area contributed by atoms with Gasteiger partial charge in [0.25, 0.3) is 0 Å². The Morgan fingerprint density at radius 2 is 1.68 bits per heavy atom. The lowest BCUT2D eigenvalue weighted by atomic mass is 9.99. The summed E-state index contributed by atoms with van der Waals surface area (Å²) in [6.45, 7) is 17.6. The molecule has 0 saturated heterocycles. The number of hydrogen-bond donors (Lipinski definition) is 1. The second-order valence-corrected chi connectivity index (χ2v) is 22.8. The zero-order valence-electron chi connectivity index (χ0n) is 25.3. The summed E-state index contributed by atoms with van der Waals surface area (Å²) in [7, 11) is -5.32. The monoisotopic (exact) mass is 652 g/mol. The average Bonchev–Trinajstić information content (AvgIpc) is 2.86. The molecule has 0 bridgehead atoms. The third kappa shape index (κ3) is 8.83. The van der Waals surface area contributed by atoms with Gasteiger partial charge in [-0.25, -0.2) is 13.4 Å². The van der Waals surface area contributed by atoms with E-state index < -0.39 is 34.3 Å². The van der Waals surface area contributed by atoms with E-state index in [1.165, 1.54) is 18.0 Å². The third-order valence-electron chi connectivity index (χ3n) is 7.19. The van der Waals surface area contributed by atoms with Crippen molar-refractivity contribution in [3.8, 4) is 11.1 Å². The summed E-state index contributed by atoms with van der Waals surface area (Å²) >= 11 is 6.98. The van der Waals surface area contributed by atoms with Crippen molar-refractivity contribution in [2.45, 2.75) is 92.4 Å². The lowest BCUT2D eigenvalue weighted by molar-refractivity contribution is 0.273. The van der Waals surface area contributed by atoms with Crippen molar-refractivity contribution in [2.24, 2.45) is 0 Å². The number of pyridine rings is 1. The van der Waals surface area contributed by atoms with Gasteiger partial charge in [-0.2, -0.15) is 0 Å². The Morgan fingerprint density at radius 3 is 2.24 bits per heavy atom. The van der Waals surface area contributed by atoms with E-state index in [1.807, 2.05) is 45.0 Å². The SMILES string of the molecule is CC(C)(C)[S+]([O-])NCc1c(-c2ccc(S(C)(=O)=O)cc2)ccc(Cl)c1Sc1ncccc1CO[Si](C)(C)C(C)(C)C. The molecule has 6 nitrogen and oxygen atoms in total. The van der Waals surface area contributed by atoms with E-state index in [9.17, 15) is 13.0 Å². The van der Waals surface area contributed by atoms with Gasteiger partial charge in [-0.1, -0.05) is 68.4 Å². The standard InChI is InChI=1S/C30H41ClN2O4S3Si/c1-29(2,3)39(34)33-19-25-24(21-12-14-23(15-13-21)40(7,35)36)16-17-26(31)27(25)38-28-22(11-10-18-32-28)20-37-41(8,9)30(4,5)6/h10-18,33H,19-20H2,1-9H3. The van der Waals surface area contributed by atoms with Gasteiger partial charge in [0.2, 0.25) is 0 Å². The largest absolute Gasteiger partial charge is 0.598 e. The van der Waals surface area contributed by atoms with Crippen LogP contribution in [0.5, 0.6) is 0 Å². The third-order valence-corrected chi connectivity index (χ3v) is 16.0. The summed E-state index contributed by atoms with van der Waals surface area (Å²) in [5.41, 5.74) is 3.52. The van der Waals surface area contributed by atoms with Gasteiger partial charge in [-0.15, -0.1) is 4.72 Å². The molecule has 1 atom stereocenters. The molecule has 0 fully saturated rings. The smallest absolute Gasteiger partial charge is 0.192 e. The van der Waals surface area contributed by atoms with Crippen LogP contribution >= 0.6 is 23.4 Å². The van der Waals surface area contributed by atoms with Crippen LogP contribution < -0.4 is 4.72 Å². The summed E-state index contributed by atoms with van der Waals surface area (Å²) in [6.07, 6.45) is 2.95. The maximum absolute atomic E-state index is 13.0. The van der Waals surface area contributed by atoms with Gasteiger partial charge in [0.05, 0.1) is 23.1 Å². The normalized spacial score (nSPS) is 13.8. The molecule has 0 aliphatic heterocycles. The molecule has 3 aromatic rings. The van der Waals surface area contributed by atoms with E-state index in [0.717, 1.165) is 32.2 Å². The molecule has 0 aliphatic rings. The second kappa shape index (κ2) is 13.1. The van der Waals surface area contributed by atoms with E-state index in [2.05, 4.69) is 43.6 Å². The molecule has 1 heterocycles. The van der Waals surface area contributed by atoms with E-state index >= 15 is 0 Å². The summed E-state index contributed by atoms with van der Waals surface area (Å²) in [5.74, 6) is 0. The van der Waals surface area contributed by atoms with Crippen LogP contribution in [0, 0.1) is 0 Å². The number of halogens is 1. The first kappa shape index (κ1) is 34.1. The topological polar surface area (TPSA) is 91.3 Å². The number of aromatic nitrogens is 1. The van der Waals surface area contributed by atoms with Crippen LogP contribution in [0.4, 0.5) is 0 Å². The molecule has 1 N–H and O–H groups in total. The highest BCUT2D eigenvalue weighted by Crippen LogP contribution is 2.42. The first-order valence-electron chi connectivity index (χ1n) is 13.3. The number of benzene rings is 2. The molecule has 0 spiro atoms. The quantitative estimate of drug-likeness (QED) is 0.175. The molecule has 0 saturated carbocycles. The summed E-state index contributed by atoms with van der Waals surface area (Å²) in [5, 5.41) is 1.41. The first-order valence-corrected chi connectivity index (χ1v) is 20.5. The highest BCUT2D eigenvalue weighted by molar-refractivity contribution is 7.99. The molecule has 11 heteroatoms. The summed E-state index contributed by atoms with van der Waals surface area (Å²) in [4.78, 5) is 5.73. The molecule has 41 heavy (non-hydrogen) atoms. The fourth-order valence-corrected chi connectivity index (χ4v) is 7.21. The van der Waals surface area contributed by atoms with E-state index in [4.69, 9.17) is 16.0 Å². The molecule has 3 rings (SSSR count). The van der Waals surface area contributed by atoms with Gasteiger partial charge in [-0.3, -0.25) is 0 Å². The van der Waals surface area contributed by atoms with Gasteiger partial charge in [0, 0.05) is 34.3 Å². The molecule has 0 aliphatic carbocycles. The average molecular weight is 653 g/mol. The van der Waals surface area contributed by atoms with E-state index in [1.54, 1.807) is 30.5 Å². The van der Waals surface area contributed by atoms with Crippen LogP contribution in [0.25, 0.3) is 11.1 Å². The van der Waals surface area contributed by atoms with Crippen LogP contribution in [-0.2, 0) is 38.8 Å². The second-order valence-electron chi connectivity index (χ2n) is 12.5. The van der Waals surface area contributed by atoms with Gasteiger partial charge in [0.1, 0.15) is 9.77 Å². The molecular formula is C30H41ClN2O4S3Si. The van der Waals surface area contributed by atoms with E-state index in [0.29, 0.717) is 18.2 Å². The van der Waals surface area contributed by atoms with Crippen LogP contribution in [0.3, 0.4) is 0 Å². The Bertz CT molecular complexity index is 1470. The maximum atomic E-state index is 13.0. The highest BCUT2D eigenvalue weighted by atomic mass is 35.5. The van der Waals surface area contributed by atoms with Crippen molar-refractivity contribution in [1.29, 1.82) is 0 Å². The van der Waals surface area contributed by atoms with Crippen molar-refractivity contribution >= 4 is 52.9 Å². The Hall–Kier alpha value is -1.37. The van der Waals surface area contributed by atoms with Crippen LogP contribution in [0.1, 0.15) is 52.7 Å². The molecular weight excluding hydrogens is 612 g/mol. The summed E-state index contributed by atoms with van der Waals surface area (Å²) in [6, 6.07) is 14.5. The lowest BCUT2D eigenvalue weighted by Gasteiger charge is -2.36.